The molecule has 0 aliphatic carbocycles. The Labute approximate surface area is 163 Å². The van der Waals surface area contributed by atoms with E-state index in [2.05, 4.69) is 15.6 Å². The predicted octanol–water partition coefficient (Wildman–Crippen LogP) is 1.87. The van der Waals surface area contributed by atoms with Crippen LogP contribution in [-0.2, 0) is 4.79 Å². The zero-order chi connectivity index (χ0) is 20.7. The van der Waals surface area contributed by atoms with Crippen molar-refractivity contribution in [3.63, 3.8) is 0 Å². The lowest BCUT2D eigenvalue weighted by molar-refractivity contribution is -0.117. The van der Waals surface area contributed by atoms with Gasteiger partial charge in [0.1, 0.15) is 6.04 Å². The van der Waals surface area contributed by atoms with Crippen molar-refractivity contribution >= 4 is 17.5 Å². The molecule has 0 bridgehead atoms. The molecule has 0 fully saturated rings. The Bertz CT molecular complexity index is 813. The molecule has 1 atom stereocenters. The van der Waals surface area contributed by atoms with Gasteiger partial charge in [0.05, 0.1) is 40.3 Å². The third-order valence-corrected chi connectivity index (χ3v) is 3.88. The van der Waals surface area contributed by atoms with Gasteiger partial charge in [-0.1, -0.05) is 0 Å². The highest BCUT2D eigenvalue weighted by molar-refractivity contribution is 6.01. The maximum absolute atomic E-state index is 12.6. The molecule has 1 aromatic heterocycles. The minimum absolute atomic E-state index is 0.264. The van der Waals surface area contributed by atoms with Gasteiger partial charge in [0, 0.05) is 11.6 Å². The number of amides is 2. The number of methoxy groups -OCH3 is 4. The van der Waals surface area contributed by atoms with E-state index in [1.165, 1.54) is 46.8 Å². The maximum atomic E-state index is 12.6. The second kappa shape index (κ2) is 9.45. The first-order chi connectivity index (χ1) is 13.4. The Kier molecular flexibility index (Phi) is 7.02. The van der Waals surface area contributed by atoms with Crippen molar-refractivity contribution in [1.82, 2.24) is 10.3 Å². The summed E-state index contributed by atoms with van der Waals surface area (Å²) in [6.45, 7) is 1.57. The van der Waals surface area contributed by atoms with Gasteiger partial charge in [0.25, 0.3) is 5.91 Å². The smallest absolute Gasteiger partial charge is 0.252 e. The Hall–Kier alpha value is -3.49. The molecule has 0 radical (unpaired) electrons. The van der Waals surface area contributed by atoms with Crippen LogP contribution in [0.15, 0.2) is 30.5 Å². The standard InChI is InChI=1S/C19H23N3O6/c1-11(18(23)22-13-6-7-16(27-4)20-10-13)21-19(24)12-8-14(25-2)17(28-5)15(9-12)26-3/h6-11H,1-5H3,(H,21,24)(H,22,23)/t11-/m0/s1. The molecule has 2 rings (SSSR count). The number of hydrogen-bond acceptors (Lipinski definition) is 7. The van der Waals surface area contributed by atoms with Gasteiger partial charge in [-0.25, -0.2) is 4.98 Å². The minimum atomic E-state index is -0.798. The number of anilines is 1. The highest BCUT2D eigenvalue weighted by atomic mass is 16.5. The first-order valence-electron chi connectivity index (χ1n) is 8.35. The fraction of sp³-hybridized carbons (Fsp3) is 0.316. The number of hydrogen-bond donors (Lipinski definition) is 2. The van der Waals surface area contributed by atoms with E-state index in [1.54, 1.807) is 19.1 Å². The summed E-state index contributed by atoms with van der Waals surface area (Å²) in [5.74, 6) is 0.630. The van der Waals surface area contributed by atoms with Crippen molar-refractivity contribution in [1.29, 1.82) is 0 Å². The van der Waals surface area contributed by atoms with Crippen LogP contribution in [0, 0.1) is 0 Å². The summed E-state index contributed by atoms with van der Waals surface area (Å²) in [7, 11) is 5.89. The number of aromatic nitrogens is 1. The van der Waals surface area contributed by atoms with E-state index < -0.39 is 17.9 Å². The van der Waals surface area contributed by atoms with Crippen LogP contribution in [0.2, 0.25) is 0 Å². The highest BCUT2D eigenvalue weighted by Crippen LogP contribution is 2.38. The summed E-state index contributed by atoms with van der Waals surface area (Å²) in [6.07, 6.45) is 1.46. The van der Waals surface area contributed by atoms with Crippen LogP contribution in [-0.4, -0.2) is 51.3 Å². The van der Waals surface area contributed by atoms with Crippen LogP contribution in [0.1, 0.15) is 17.3 Å². The van der Waals surface area contributed by atoms with Gasteiger partial charge in [0.2, 0.25) is 17.5 Å². The molecule has 0 aliphatic rings. The number of pyridine rings is 1. The molecular weight excluding hydrogens is 366 g/mol. The lowest BCUT2D eigenvalue weighted by Gasteiger charge is -2.16. The van der Waals surface area contributed by atoms with E-state index in [1.807, 2.05) is 0 Å². The van der Waals surface area contributed by atoms with E-state index in [9.17, 15) is 9.59 Å². The average molecular weight is 389 g/mol. The Morgan fingerprint density at radius 1 is 0.964 bits per heavy atom. The number of ether oxygens (including phenoxy) is 4. The monoisotopic (exact) mass is 389 g/mol. The molecule has 9 nitrogen and oxygen atoms in total. The number of rotatable bonds is 8. The zero-order valence-corrected chi connectivity index (χ0v) is 16.4. The largest absolute Gasteiger partial charge is 0.493 e. The van der Waals surface area contributed by atoms with Gasteiger partial charge in [-0.2, -0.15) is 0 Å². The summed E-state index contributed by atoms with van der Waals surface area (Å²) < 4.78 is 20.7. The van der Waals surface area contributed by atoms with Crippen molar-refractivity contribution in [2.45, 2.75) is 13.0 Å². The van der Waals surface area contributed by atoms with E-state index >= 15 is 0 Å². The lowest BCUT2D eigenvalue weighted by Crippen LogP contribution is -2.41. The molecule has 2 aromatic rings. The minimum Gasteiger partial charge on any atom is -0.493 e. The van der Waals surface area contributed by atoms with Crippen molar-refractivity contribution in [3.05, 3.63) is 36.0 Å². The topological polar surface area (TPSA) is 108 Å². The van der Waals surface area contributed by atoms with Gasteiger partial charge in [-0.15, -0.1) is 0 Å². The van der Waals surface area contributed by atoms with Gasteiger partial charge >= 0.3 is 0 Å². The van der Waals surface area contributed by atoms with E-state index in [0.717, 1.165) is 0 Å². The van der Waals surface area contributed by atoms with Crippen LogP contribution in [0.3, 0.4) is 0 Å². The summed E-state index contributed by atoms with van der Waals surface area (Å²) in [5, 5.41) is 5.30. The molecule has 0 saturated heterocycles. The van der Waals surface area contributed by atoms with Crippen LogP contribution >= 0.6 is 0 Å². The fourth-order valence-corrected chi connectivity index (χ4v) is 2.38. The second-order valence-electron chi connectivity index (χ2n) is 5.69. The van der Waals surface area contributed by atoms with Crippen molar-refractivity contribution in [3.8, 4) is 23.1 Å². The van der Waals surface area contributed by atoms with Gasteiger partial charge in [-0.3, -0.25) is 9.59 Å². The third kappa shape index (κ3) is 4.81. The van der Waals surface area contributed by atoms with E-state index in [-0.39, 0.29) is 5.56 Å². The molecule has 9 heteroatoms. The number of nitrogens with zero attached hydrogens (tertiary/aromatic N) is 1. The molecule has 0 unspecified atom stereocenters. The van der Waals surface area contributed by atoms with Gasteiger partial charge in [0.15, 0.2) is 11.5 Å². The summed E-state index contributed by atoms with van der Waals surface area (Å²) in [5.41, 5.74) is 0.750. The molecule has 28 heavy (non-hydrogen) atoms. The Balaban J connectivity index is 2.09. The van der Waals surface area contributed by atoms with Crippen molar-refractivity contribution in [2.75, 3.05) is 33.8 Å². The van der Waals surface area contributed by atoms with Crippen molar-refractivity contribution in [2.24, 2.45) is 0 Å². The molecule has 2 N–H and O–H groups in total. The Morgan fingerprint density at radius 3 is 2.07 bits per heavy atom. The average Bonchev–Trinajstić information content (AvgIpc) is 2.72. The molecule has 1 aromatic carbocycles. The highest BCUT2D eigenvalue weighted by Gasteiger charge is 2.20. The number of benzene rings is 1. The molecule has 0 spiro atoms. The first-order valence-corrected chi connectivity index (χ1v) is 8.35. The third-order valence-electron chi connectivity index (χ3n) is 3.88. The van der Waals surface area contributed by atoms with E-state index in [0.29, 0.717) is 28.8 Å². The van der Waals surface area contributed by atoms with Crippen LogP contribution in [0.25, 0.3) is 0 Å². The molecule has 2 amide bonds. The lowest BCUT2D eigenvalue weighted by atomic mass is 10.1. The fourth-order valence-electron chi connectivity index (χ4n) is 2.38. The molecule has 0 aliphatic heterocycles. The second-order valence-corrected chi connectivity index (χ2v) is 5.69. The van der Waals surface area contributed by atoms with E-state index in [4.69, 9.17) is 18.9 Å². The molecule has 1 heterocycles. The van der Waals surface area contributed by atoms with Gasteiger partial charge in [-0.05, 0) is 25.1 Å². The van der Waals surface area contributed by atoms with Crippen LogP contribution in [0.4, 0.5) is 5.69 Å². The molecule has 150 valence electrons. The summed E-state index contributed by atoms with van der Waals surface area (Å²) >= 11 is 0. The molecule has 0 saturated carbocycles. The van der Waals surface area contributed by atoms with Crippen LogP contribution < -0.4 is 29.6 Å². The predicted molar refractivity (Wildman–Crippen MR) is 102 cm³/mol. The van der Waals surface area contributed by atoms with Gasteiger partial charge < -0.3 is 29.6 Å². The molecular formula is C19H23N3O6. The summed E-state index contributed by atoms with van der Waals surface area (Å²) in [6, 6.07) is 5.49. The number of carbonyl (C=O) groups excluding carboxylic acids is 2. The number of carbonyl (C=O) groups is 2. The zero-order valence-electron chi connectivity index (χ0n) is 16.4. The first kappa shape index (κ1) is 20.8. The quantitative estimate of drug-likeness (QED) is 0.710. The SMILES string of the molecule is COc1ccc(NC(=O)[C@H](C)NC(=O)c2cc(OC)c(OC)c(OC)c2)cn1. The normalized spacial score (nSPS) is 11.2. The number of nitrogens with one attached hydrogen (secondary N) is 2. The van der Waals surface area contributed by atoms with Crippen LogP contribution in [0.5, 0.6) is 23.1 Å². The van der Waals surface area contributed by atoms with Crippen molar-refractivity contribution < 1.29 is 28.5 Å². The Morgan fingerprint density at radius 2 is 1.61 bits per heavy atom. The summed E-state index contributed by atoms with van der Waals surface area (Å²) in [4.78, 5) is 28.9. The maximum Gasteiger partial charge on any atom is 0.252 e.